The highest BCUT2D eigenvalue weighted by molar-refractivity contribution is 5.68. The molecule has 1 aromatic carbocycles. The molecule has 0 bridgehead atoms. The van der Waals surface area contributed by atoms with Crippen molar-refractivity contribution >= 4 is 5.97 Å². The van der Waals surface area contributed by atoms with Crippen molar-refractivity contribution in [2.75, 3.05) is 6.54 Å². The molecule has 5 nitrogen and oxygen atoms in total. The molecule has 5 heteroatoms. The first kappa shape index (κ1) is 12.2. The molecule has 1 unspecified atom stereocenters. The van der Waals surface area contributed by atoms with E-state index in [0.29, 0.717) is 0 Å². The Morgan fingerprint density at radius 2 is 2.12 bits per heavy atom. The fourth-order valence-corrected chi connectivity index (χ4v) is 1.71. The number of nitro groups is 1. The highest BCUT2D eigenvalue weighted by Crippen LogP contribution is 2.23. The quantitative estimate of drug-likeness (QED) is 0.610. The first-order chi connectivity index (χ1) is 7.50. The topological polar surface area (TPSA) is 80.4 Å². The number of benzene rings is 1. The summed E-state index contributed by atoms with van der Waals surface area (Å²) in [5.74, 6) is -1.58. The SMILES string of the molecule is Cc1ccccc1C(CC(=O)O)C[N+](=O)[O-]. The second-order valence-corrected chi connectivity index (χ2v) is 3.67. The summed E-state index contributed by atoms with van der Waals surface area (Å²) >= 11 is 0. The standard InChI is InChI=1S/C11H13NO4/c1-8-4-2-3-5-10(8)9(6-11(13)14)7-12(15)16/h2-5,9H,6-7H2,1H3,(H,13,14). The van der Waals surface area contributed by atoms with Crippen molar-refractivity contribution in [2.45, 2.75) is 19.3 Å². The summed E-state index contributed by atoms with van der Waals surface area (Å²) in [6.45, 7) is 1.47. The Kier molecular flexibility index (Phi) is 3.99. The maximum atomic E-state index is 10.7. The molecule has 1 rings (SSSR count). The number of rotatable bonds is 5. The van der Waals surface area contributed by atoms with Crippen LogP contribution in [0.5, 0.6) is 0 Å². The minimum Gasteiger partial charge on any atom is -0.481 e. The lowest BCUT2D eigenvalue weighted by atomic mass is 9.92. The van der Waals surface area contributed by atoms with E-state index >= 15 is 0 Å². The molecule has 0 fully saturated rings. The van der Waals surface area contributed by atoms with Gasteiger partial charge >= 0.3 is 5.97 Å². The molecule has 0 aliphatic heterocycles. The van der Waals surface area contributed by atoms with Crippen molar-refractivity contribution in [3.05, 3.63) is 45.5 Å². The molecule has 1 N–H and O–H groups in total. The molecule has 1 atom stereocenters. The minimum absolute atomic E-state index is 0.216. The number of nitrogens with zero attached hydrogens (tertiary/aromatic N) is 1. The summed E-state index contributed by atoms with van der Waals surface area (Å²) in [5, 5.41) is 19.2. The Labute approximate surface area is 92.9 Å². The monoisotopic (exact) mass is 223 g/mol. The van der Waals surface area contributed by atoms with Crippen LogP contribution in [-0.4, -0.2) is 22.5 Å². The van der Waals surface area contributed by atoms with Gasteiger partial charge in [-0.3, -0.25) is 14.9 Å². The fraction of sp³-hybridized carbons (Fsp3) is 0.364. The number of aryl methyl sites for hydroxylation is 1. The fourth-order valence-electron chi connectivity index (χ4n) is 1.71. The second kappa shape index (κ2) is 5.25. The number of carbonyl (C=O) groups is 1. The van der Waals surface area contributed by atoms with Gasteiger partial charge in [-0.25, -0.2) is 0 Å². The van der Waals surface area contributed by atoms with Crippen LogP contribution in [-0.2, 0) is 4.79 Å². The second-order valence-electron chi connectivity index (χ2n) is 3.67. The third kappa shape index (κ3) is 3.34. The molecule has 86 valence electrons. The Hall–Kier alpha value is -1.91. The van der Waals surface area contributed by atoms with E-state index in [1.165, 1.54) is 0 Å². The van der Waals surface area contributed by atoms with Crippen LogP contribution < -0.4 is 0 Å². The molecule has 0 aromatic heterocycles. The van der Waals surface area contributed by atoms with Crippen molar-refractivity contribution in [3.63, 3.8) is 0 Å². The van der Waals surface area contributed by atoms with Crippen LogP contribution in [0.3, 0.4) is 0 Å². The van der Waals surface area contributed by atoms with Crippen LogP contribution in [0.15, 0.2) is 24.3 Å². The maximum Gasteiger partial charge on any atom is 0.304 e. The number of hydrogen-bond donors (Lipinski definition) is 1. The zero-order valence-electron chi connectivity index (χ0n) is 8.92. The first-order valence-corrected chi connectivity index (χ1v) is 4.90. The molecule has 0 saturated heterocycles. The zero-order valence-corrected chi connectivity index (χ0v) is 8.92. The van der Waals surface area contributed by atoms with Gasteiger partial charge in [-0.05, 0) is 18.1 Å². The van der Waals surface area contributed by atoms with Crippen molar-refractivity contribution in [1.82, 2.24) is 0 Å². The Balaban J connectivity index is 2.96. The minimum atomic E-state index is -1.02. The van der Waals surface area contributed by atoms with Gasteiger partial charge in [-0.2, -0.15) is 0 Å². The van der Waals surface area contributed by atoms with E-state index in [-0.39, 0.29) is 13.0 Å². The Bertz CT molecular complexity index is 387. The first-order valence-electron chi connectivity index (χ1n) is 4.90. The van der Waals surface area contributed by atoms with Crippen LogP contribution >= 0.6 is 0 Å². The molecule has 0 aliphatic carbocycles. The predicted octanol–water partition coefficient (Wildman–Crippen LogP) is 1.83. The van der Waals surface area contributed by atoms with Gasteiger partial charge in [0.05, 0.1) is 12.3 Å². The van der Waals surface area contributed by atoms with Crippen LogP contribution in [0.4, 0.5) is 0 Å². The van der Waals surface area contributed by atoms with E-state index < -0.39 is 16.8 Å². The smallest absolute Gasteiger partial charge is 0.304 e. The van der Waals surface area contributed by atoms with Gasteiger partial charge in [0.1, 0.15) is 0 Å². The third-order valence-electron chi connectivity index (χ3n) is 2.42. The molecule has 16 heavy (non-hydrogen) atoms. The van der Waals surface area contributed by atoms with Gasteiger partial charge in [-0.1, -0.05) is 24.3 Å². The van der Waals surface area contributed by atoms with Crippen LogP contribution in [0.25, 0.3) is 0 Å². The highest BCUT2D eigenvalue weighted by Gasteiger charge is 2.22. The summed E-state index contributed by atoms with van der Waals surface area (Å²) in [6.07, 6.45) is -0.216. The highest BCUT2D eigenvalue weighted by atomic mass is 16.6. The summed E-state index contributed by atoms with van der Waals surface area (Å²) in [4.78, 5) is 20.7. The summed E-state index contributed by atoms with van der Waals surface area (Å²) < 4.78 is 0. The average Bonchev–Trinajstić information content (AvgIpc) is 2.15. The van der Waals surface area contributed by atoms with E-state index in [0.717, 1.165) is 11.1 Å². The van der Waals surface area contributed by atoms with Gasteiger partial charge in [0.25, 0.3) is 0 Å². The van der Waals surface area contributed by atoms with E-state index in [9.17, 15) is 14.9 Å². The van der Waals surface area contributed by atoms with Crippen LogP contribution in [0.2, 0.25) is 0 Å². The van der Waals surface area contributed by atoms with Crippen LogP contribution in [0, 0.1) is 17.0 Å². The largest absolute Gasteiger partial charge is 0.481 e. The van der Waals surface area contributed by atoms with E-state index in [4.69, 9.17) is 5.11 Å². The van der Waals surface area contributed by atoms with E-state index in [2.05, 4.69) is 0 Å². The summed E-state index contributed by atoms with van der Waals surface area (Å²) in [6, 6.07) is 7.15. The Morgan fingerprint density at radius 3 is 2.62 bits per heavy atom. The van der Waals surface area contributed by atoms with Crippen molar-refractivity contribution in [3.8, 4) is 0 Å². The average molecular weight is 223 g/mol. The molecule has 0 heterocycles. The molecule has 0 spiro atoms. The molecule has 0 aliphatic rings. The number of carboxylic acids is 1. The number of aliphatic carboxylic acids is 1. The van der Waals surface area contributed by atoms with Gasteiger partial charge in [0.15, 0.2) is 0 Å². The van der Waals surface area contributed by atoms with Gasteiger partial charge < -0.3 is 5.11 Å². The van der Waals surface area contributed by atoms with Crippen LogP contribution in [0.1, 0.15) is 23.5 Å². The summed E-state index contributed by atoms with van der Waals surface area (Å²) in [5.41, 5.74) is 1.62. The lowest BCUT2D eigenvalue weighted by Crippen LogP contribution is -2.17. The molecular weight excluding hydrogens is 210 g/mol. The van der Waals surface area contributed by atoms with Crippen molar-refractivity contribution in [1.29, 1.82) is 0 Å². The predicted molar refractivity (Wildman–Crippen MR) is 58.0 cm³/mol. The lowest BCUT2D eigenvalue weighted by molar-refractivity contribution is -0.483. The molecule has 1 aromatic rings. The van der Waals surface area contributed by atoms with Crippen molar-refractivity contribution in [2.24, 2.45) is 0 Å². The number of carboxylic acid groups (broad SMARTS) is 1. The zero-order chi connectivity index (χ0) is 12.1. The molecule has 0 amide bonds. The molecule has 0 saturated carbocycles. The maximum absolute atomic E-state index is 10.7. The normalized spacial score (nSPS) is 12.1. The third-order valence-corrected chi connectivity index (χ3v) is 2.42. The number of hydrogen-bond acceptors (Lipinski definition) is 3. The molecular formula is C11H13NO4. The molecule has 0 radical (unpaired) electrons. The lowest BCUT2D eigenvalue weighted by Gasteiger charge is -2.13. The van der Waals surface area contributed by atoms with E-state index in [1.807, 2.05) is 19.1 Å². The van der Waals surface area contributed by atoms with Gasteiger partial charge in [0.2, 0.25) is 6.54 Å². The van der Waals surface area contributed by atoms with E-state index in [1.54, 1.807) is 12.1 Å². The van der Waals surface area contributed by atoms with Gasteiger partial charge in [0, 0.05) is 4.92 Å². The Morgan fingerprint density at radius 1 is 1.50 bits per heavy atom. The van der Waals surface area contributed by atoms with Gasteiger partial charge in [-0.15, -0.1) is 0 Å². The summed E-state index contributed by atoms with van der Waals surface area (Å²) in [7, 11) is 0. The van der Waals surface area contributed by atoms with Crippen molar-refractivity contribution < 1.29 is 14.8 Å².